The van der Waals surface area contributed by atoms with Crippen LogP contribution in [0.3, 0.4) is 0 Å². The normalized spacial score (nSPS) is 15.0. The minimum absolute atomic E-state index is 0.268. The van der Waals surface area contributed by atoms with Gasteiger partial charge in [0.2, 0.25) is 0 Å². The van der Waals surface area contributed by atoms with Crippen molar-refractivity contribution in [2.75, 3.05) is 0 Å². The summed E-state index contributed by atoms with van der Waals surface area (Å²) in [5.41, 5.74) is 7.54. The highest BCUT2D eigenvalue weighted by Crippen LogP contribution is 2.38. The van der Waals surface area contributed by atoms with Crippen molar-refractivity contribution in [3.63, 3.8) is 0 Å². The minimum atomic E-state index is 0.268. The van der Waals surface area contributed by atoms with Crippen LogP contribution in [0.1, 0.15) is 24.7 Å². The second kappa shape index (κ2) is 10.5. The van der Waals surface area contributed by atoms with Gasteiger partial charge in [0, 0.05) is 22.7 Å². The van der Waals surface area contributed by atoms with Crippen LogP contribution < -0.4 is 0 Å². The maximum atomic E-state index is 5.20. The predicted molar refractivity (Wildman–Crippen MR) is 179 cm³/mol. The van der Waals surface area contributed by atoms with Crippen molar-refractivity contribution in [2.45, 2.75) is 13.3 Å². The number of fused-ring (bicyclic) bond motifs is 3. The highest BCUT2D eigenvalue weighted by atomic mass is 14.9. The van der Waals surface area contributed by atoms with Gasteiger partial charge in [0.05, 0.1) is 17.1 Å². The topological polar surface area (TPSA) is 38.7 Å². The summed E-state index contributed by atoms with van der Waals surface area (Å²) in [5, 5.41) is 7.22. The molecule has 1 atom stereocenters. The molecular formula is C40H29N3. The Morgan fingerprint density at radius 1 is 0.558 bits per heavy atom. The molecule has 5 aromatic carbocycles. The minimum Gasteiger partial charge on any atom is -0.256 e. The number of hydrogen-bond acceptors (Lipinski definition) is 3. The van der Waals surface area contributed by atoms with E-state index in [1.165, 1.54) is 43.5 Å². The van der Waals surface area contributed by atoms with Gasteiger partial charge in [-0.2, -0.15) is 0 Å². The fourth-order valence-corrected chi connectivity index (χ4v) is 6.30. The second-order valence-corrected chi connectivity index (χ2v) is 11.4. The molecule has 7 aromatic rings. The largest absolute Gasteiger partial charge is 0.256 e. The standard InChI is InChI=1S/C40H29N3/c1-26-22-33(39-36-13-7-6-10-29(36)20-21-41-39)18-19-35(26)38-25-37(32-16-14-27-8-2-4-11-30(27)23-32)42-40(43-38)34-17-15-28-9-3-5-12-31(28)24-34/h2-21,23-26H,22H2,1H3. The fourth-order valence-electron chi connectivity index (χ4n) is 6.30. The molecule has 2 aromatic heterocycles. The Balaban J connectivity index is 1.28. The number of hydrogen-bond donors (Lipinski definition) is 0. The van der Waals surface area contributed by atoms with Crippen molar-refractivity contribution in [3.05, 3.63) is 151 Å². The van der Waals surface area contributed by atoms with Gasteiger partial charge in [-0.15, -0.1) is 0 Å². The average Bonchev–Trinajstić information content (AvgIpc) is 3.07. The zero-order chi connectivity index (χ0) is 28.8. The van der Waals surface area contributed by atoms with Crippen LogP contribution in [-0.4, -0.2) is 15.0 Å². The molecule has 8 rings (SSSR count). The quantitative estimate of drug-likeness (QED) is 0.218. The first-order chi connectivity index (χ1) is 21.2. The molecule has 0 radical (unpaired) electrons. The molecule has 0 saturated heterocycles. The molecule has 43 heavy (non-hydrogen) atoms. The van der Waals surface area contributed by atoms with Gasteiger partial charge in [0.25, 0.3) is 0 Å². The van der Waals surface area contributed by atoms with Crippen LogP contribution in [0.25, 0.3) is 66.1 Å². The van der Waals surface area contributed by atoms with Crippen molar-refractivity contribution in [3.8, 4) is 22.6 Å². The summed E-state index contributed by atoms with van der Waals surface area (Å²) in [6.45, 7) is 2.29. The lowest BCUT2D eigenvalue weighted by molar-refractivity contribution is 0.764. The van der Waals surface area contributed by atoms with Crippen LogP contribution >= 0.6 is 0 Å². The first kappa shape index (κ1) is 25.3. The average molecular weight is 552 g/mol. The van der Waals surface area contributed by atoms with Crippen LogP contribution in [0.4, 0.5) is 0 Å². The molecule has 2 heterocycles. The molecule has 3 heteroatoms. The number of pyridine rings is 1. The van der Waals surface area contributed by atoms with E-state index in [1.54, 1.807) is 0 Å². The molecule has 0 amide bonds. The molecule has 0 saturated carbocycles. The first-order valence-corrected chi connectivity index (χ1v) is 14.8. The molecular weight excluding hydrogens is 522 g/mol. The van der Waals surface area contributed by atoms with Crippen molar-refractivity contribution >= 4 is 43.5 Å². The third-order valence-corrected chi connectivity index (χ3v) is 8.57. The first-order valence-electron chi connectivity index (χ1n) is 14.8. The van der Waals surface area contributed by atoms with Crippen molar-refractivity contribution in [1.82, 2.24) is 15.0 Å². The van der Waals surface area contributed by atoms with E-state index in [0.29, 0.717) is 0 Å². The third kappa shape index (κ3) is 4.69. The summed E-state index contributed by atoms with van der Waals surface area (Å²) in [4.78, 5) is 15.1. The predicted octanol–water partition coefficient (Wildman–Crippen LogP) is 10.2. The Bertz CT molecular complexity index is 2140. The van der Waals surface area contributed by atoms with Crippen molar-refractivity contribution in [2.24, 2.45) is 5.92 Å². The molecule has 3 nitrogen and oxygen atoms in total. The number of aromatic nitrogens is 3. The van der Waals surface area contributed by atoms with Crippen LogP contribution in [0.2, 0.25) is 0 Å². The lowest BCUT2D eigenvalue weighted by Gasteiger charge is -2.23. The lowest BCUT2D eigenvalue weighted by atomic mass is 9.84. The lowest BCUT2D eigenvalue weighted by Crippen LogP contribution is -2.08. The van der Waals surface area contributed by atoms with Gasteiger partial charge in [-0.25, -0.2) is 9.97 Å². The van der Waals surface area contributed by atoms with Crippen LogP contribution in [0, 0.1) is 5.92 Å². The van der Waals surface area contributed by atoms with E-state index in [4.69, 9.17) is 15.0 Å². The van der Waals surface area contributed by atoms with E-state index in [-0.39, 0.29) is 5.92 Å². The van der Waals surface area contributed by atoms with Gasteiger partial charge in [-0.05, 0) is 74.7 Å². The number of nitrogens with zero attached hydrogens (tertiary/aromatic N) is 3. The summed E-state index contributed by atoms with van der Waals surface area (Å²) in [6, 6.07) is 42.7. The molecule has 1 aliphatic rings. The van der Waals surface area contributed by atoms with Crippen molar-refractivity contribution in [1.29, 1.82) is 0 Å². The summed E-state index contributed by atoms with van der Waals surface area (Å²) in [5.74, 6) is 1.01. The molecule has 0 bridgehead atoms. The molecule has 1 unspecified atom stereocenters. The van der Waals surface area contributed by atoms with E-state index in [1.807, 2.05) is 6.20 Å². The van der Waals surface area contributed by atoms with E-state index in [9.17, 15) is 0 Å². The second-order valence-electron chi connectivity index (χ2n) is 11.4. The van der Waals surface area contributed by atoms with Gasteiger partial charge < -0.3 is 0 Å². The maximum Gasteiger partial charge on any atom is 0.160 e. The number of rotatable bonds is 4. The Hall–Kier alpha value is -5.41. The molecule has 1 aliphatic carbocycles. The van der Waals surface area contributed by atoms with Crippen LogP contribution in [-0.2, 0) is 0 Å². The Morgan fingerprint density at radius 3 is 1.93 bits per heavy atom. The molecule has 204 valence electrons. The zero-order valence-corrected chi connectivity index (χ0v) is 23.9. The van der Waals surface area contributed by atoms with Gasteiger partial charge in [-0.3, -0.25) is 4.98 Å². The highest BCUT2D eigenvalue weighted by Gasteiger charge is 2.22. The third-order valence-electron chi connectivity index (χ3n) is 8.57. The Labute approximate surface area is 250 Å². The van der Waals surface area contributed by atoms with Gasteiger partial charge in [0.1, 0.15) is 0 Å². The molecule has 0 aliphatic heterocycles. The monoisotopic (exact) mass is 551 g/mol. The molecule has 0 N–H and O–H groups in total. The van der Waals surface area contributed by atoms with Gasteiger partial charge >= 0.3 is 0 Å². The fraction of sp³-hybridized carbons (Fsp3) is 0.0750. The van der Waals surface area contributed by atoms with E-state index in [0.717, 1.165) is 40.5 Å². The number of allylic oxidation sites excluding steroid dienone is 4. The summed E-state index contributed by atoms with van der Waals surface area (Å²) < 4.78 is 0. The highest BCUT2D eigenvalue weighted by molar-refractivity contribution is 5.94. The van der Waals surface area contributed by atoms with Gasteiger partial charge in [-0.1, -0.05) is 116 Å². The van der Waals surface area contributed by atoms with Gasteiger partial charge in [0.15, 0.2) is 5.82 Å². The Morgan fingerprint density at radius 2 is 1.19 bits per heavy atom. The van der Waals surface area contributed by atoms with E-state index < -0.39 is 0 Å². The molecule has 0 spiro atoms. The molecule has 0 fully saturated rings. The number of benzene rings is 5. The summed E-state index contributed by atoms with van der Waals surface area (Å²) in [7, 11) is 0. The Kier molecular flexibility index (Phi) is 6.15. The summed E-state index contributed by atoms with van der Waals surface area (Å²) >= 11 is 0. The van der Waals surface area contributed by atoms with Crippen LogP contribution in [0.5, 0.6) is 0 Å². The smallest absolute Gasteiger partial charge is 0.160 e. The van der Waals surface area contributed by atoms with Crippen molar-refractivity contribution < 1.29 is 0 Å². The van der Waals surface area contributed by atoms with Crippen LogP contribution in [0.15, 0.2) is 140 Å². The SMILES string of the molecule is CC1CC(c2nccc3ccccc23)=CC=C1c1cc(-c2ccc3ccccc3c2)nc(-c2ccc3ccccc3c2)n1. The summed E-state index contributed by atoms with van der Waals surface area (Å²) in [6.07, 6.45) is 7.28. The zero-order valence-electron chi connectivity index (χ0n) is 23.9. The van der Waals surface area contributed by atoms with E-state index >= 15 is 0 Å². The maximum absolute atomic E-state index is 5.20. The van der Waals surface area contributed by atoms with E-state index in [2.05, 4.69) is 140 Å².